The molecule has 0 amide bonds. The summed E-state index contributed by atoms with van der Waals surface area (Å²) in [6.45, 7) is 17.0. The molecule has 0 aliphatic rings. The van der Waals surface area contributed by atoms with E-state index < -0.39 is 0 Å². The van der Waals surface area contributed by atoms with E-state index in [1.54, 1.807) is 13.0 Å². The average Bonchev–Trinajstić information content (AvgIpc) is 2.59. The number of anilines is 2. The Balaban J connectivity index is 0.000000240. The van der Waals surface area contributed by atoms with Crippen molar-refractivity contribution >= 4 is 29.3 Å². The molecule has 24 heavy (non-hydrogen) atoms. The zero-order valence-corrected chi connectivity index (χ0v) is 13.1. The fourth-order valence-corrected chi connectivity index (χ4v) is 1.39. The SMILES string of the molecule is [C-]#[N+]c1nc(/C=C\C)cnc1N.[C-]#[N+]c1nc(C#CC)cnc1N. The van der Waals surface area contributed by atoms with Crippen molar-refractivity contribution in [2.75, 3.05) is 11.5 Å². The van der Waals surface area contributed by atoms with Gasteiger partial charge in [-0.05, 0) is 25.8 Å². The first kappa shape index (κ1) is 18.1. The number of hydrogen-bond donors (Lipinski definition) is 2. The predicted octanol–water partition coefficient (Wildman–Crippen LogP) is 2.62. The number of nitrogens with zero attached hydrogens (tertiary/aromatic N) is 6. The Bertz CT molecular complexity index is 891. The first-order chi connectivity index (χ1) is 11.5. The minimum Gasteiger partial charge on any atom is -0.391 e. The summed E-state index contributed by atoms with van der Waals surface area (Å²) in [6, 6.07) is 0. The lowest BCUT2D eigenvalue weighted by Crippen LogP contribution is -1.93. The molecule has 0 saturated heterocycles. The maximum absolute atomic E-state index is 6.73. The van der Waals surface area contributed by atoms with Crippen LogP contribution in [0.2, 0.25) is 0 Å². The van der Waals surface area contributed by atoms with Gasteiger partial charge in [-0.15, -0.1) is 9.97 Å². The second kappa shape index (κ2) is 9.14. The highest BCUT2D eigenvalue weighted by atomic mass is 15.0. The Kier molecular flexibility index (Phi) is 6.89. The molecule has 8 nitrogen and oxygen atoms in total. The lowest BCUT2D eigenvalue weighted by molar-refractivity contribution is 1.20. The maximum atomic E-state index is 6.73. The largest absolute Gasteiger partial charge is 0.391 e. The fraction of sp³-hybridized carbons (Fsp3) is 0.125. The van der Waals surface area contributed by atoms with E-state index in [0.717, 1.165) is 0 Å². The van der Waals surface area contributed by atoms with Crippen molar-refractivity contribution < 1.29 is 0 Å². The third kappa shape index (κ3) is 5.10. The predicted molar refractivity (Wildman–Crippen MR) is 92.7 cm³/mol. The fourth-order valence-electron chi connectivity index (χ4n) is 1.39. The summed E-state index contributed by atoms with van der Waals surface area (Å²) in [5.41, 5.74) is 11.9. The van der Waals surface area contributed by atoms with Crippen LogP contribution in [0.15, 0.2) is 18.5 Å². The quantitative estimate of drug-likeness (QED) is 0.617. The summed E-state index contributed by atoms with van der Waals surface area (Å²) in [6.07, 6.45) is 6.57. The molecule has 0 radical (unpaired) electrons. The monoisotopic (exact) mass is 318 g/mol. The highest BCUT2D eigenvalue weighted by molar-refractivity contribution is 5.59. The molecular weight excluding hydrogens is 304 g/mol. The molecule has 118 valence electrons. The van der Waals surface area contributed by atoms with E-state index in [1.807, 2.05) is 13.0 Å². The van der Waals surface area contributed by atoms with Crippen LogP contribution in [-0.4, -0.2) is 19.9 Å². The number of hydrogen-bond acceptors (Lipinski definition) is 6. The molecule has 0 aliphatic heterocycles. The molecule has 0 fully saturated rings. The molecular formula is C16H14N8. The van der Waals surface area contributed by atoms with Crippen LogP contribution >= 0.6 is 0 Å². The summed E-state index contributed by atoms with van der Waals surface area (Å²) in [5.74, 6) is 5.93. The number of nitrogens with two attached hydrogens (primary N) is 2. The molecule has 4 N–H and O–H groups in total. The van der Waals surface area contributed by atoms with Gasteiger partial charge in [0.25, 0.3) is 0 Å². The van der Waals surface area contributed by atoms with Gasteiger partial charge in [0.15, 0.2) is 5.69 Å². The van der Waals surface area contributed by atoms with Gasteiger partial charge in [-0.1, -0.05) is 25.1 Å². The Morgan fingerprint density at radius 2 is 1.62 bits per heavy atom. The smallest absolute Gasteiger partial charge is 0.313 e. The van der Waals surface area contributed by atoms with Crippen LogP contribution in [0, 0.1) is 25.0 Å². The van der Waals surface area contributed by atoms with Crippen LogP contribution in [0.4, 0.5) is 23.3 Å². The van der Waals surface area contributed by atoms with Crippen LogP contribution in [-0.2, 0) is 0 Å². The first-order valence-electron chi connectivity index (χ1n) is 6.61. The van der Waals surface area contributed by atoms with Crippen LogP contribution in [0.5, 0.6) is 0 Å². The molecule has 0 saturated carbocycles. The van der Waals surface area contributed by atoms with Crippen molar-refractivity contribution in [3.05, 3.63) is 52.7 Å². The molecule has 0 spiro atoms. The van der Waals surface area contributed by atoms with E-state index in [1.165, 1.54) is 12.4 Å². The third-order valence-electron chi connectivity index (χ3n) is 2.38. The standard InChI is InChI=1S/C8H8N4.C8H6N4/c2*1-3-4-6-5-11-7(9)8(10-2)12-6/h3-5H,1H3,(H2,9,11);5H,1H3,(H2,9,11)/b4-3-;. The summed E-state index contributed by atoms with van der Waals surface area (Å²) in [4.78, 5) is 21.6. The number of rotatable bonds is 1. The van der Waals surface area contributed by atoms with Crippen molar-refractivity contribution in [2.24, 2.45) is 0 Å². The van der Waals surface area contributed by atoms with Gasteiger partial charge >= 0.3 is 11.6 Å². The van der Waals surface area contributed by atoms with Crippen molar-refractivity contribution in [3.8, 4) is 11.8 Å². The zero-order valence-electron chi connectivity index (χ0n) is 13.1. The first-order valence-corrected chi connectivity index (χ1v) is 6.61. The summed E-state index contributed by atoms with van der Waals surface area (Å²) in [7, 11) is 0. The van der Waals surface area contributed by atoms with Crippen molar-refractivity contribution in [1.29, 1.82) is 0 Å². The van der Waals surface area contributed by atoms with Crippen LogP contribution in [0.3, 0.4) is 0 Å². The van der Waals surface area contributed by atoms with Crippen LogP contribution in [0.25, 0.3) is 15.8 Å². The maximum Gasteiger partial charge on any atom is 0.313 e. The highest BCUT2D eigenvalue weighted by Crippen LogP contribution is 2.16. The van der Waals surface area contributed by atoms with E-state index in [2.05, 4.69) is 41.5 Å². The molecule has 0 atom stereocenters. The van der Waals surface area contributed by atoms with Crippen LogP contribution < -0.4 is 11.5 Å². The van der Waals surface area contributed by atoms with Gasteiger partial charge < -0.3 is 21.2 Å². The molecule has 8 heteroatoms. The minimum absolute atomic E-state index is 0.107. The topological polar surface area (TPSA) is 112 Å². The van der Waals surface area contributed by atoms with Crippen LogP contribution in [0.1, 0.15) is 25.2 Å². The molecule has 0 aliphatic carbocycles. The normalized spacial score (nSPS) is 9.00. The summed E-state index contributed by atoms with van der Waals surface area (Å²) < 4.78 is 0. The van der Waals surface area contributed by atoms with E-state index >= 15 is 0 Å². The zero-order chi connectivity index (χ0) is 17.9. The average molecular weight is 318 g/mol. The number of nitrogen functional groups attached to an aromatic ring is 2. The number of allylic oxidation sites excluding steroid dienone is 1. The van der Waals surface area contributed by atoms with Crippen molar-refractivity contribution in [2.45, 2.75) is 13.8 Å². The van der Waals surface area contributed by atoms with Gasteiger partial charge in [-0.25, -0.2) is 9.97 Å². The molecule has 2 aromatic rings. The van der Waals surface area contributed by atoms with Gasteiger partial charge in [-0.3, -0.25) is 0 Å². The Morgan fingerprint density at radius 3 is 2.17 bits per heavy atom. The van der Waals surface area contributed by atoms with E-state index in [4.69, 9.17) is 24.6 Å². The van der Waals surface area contributed by atoms with Gasteiger partial charge in [-0.2, -0.15) is 0 Å². The van der Waals surface area contributed by atoms with E-state index in [0.29, 0.717) is 11.4 Å². The summed E-state index contributed by atoms with van der Waals surface area (Å²) in [5, 5.41) is 0. The van der Waals surface area contributed by atoms with Gasteiger partial charge in [0.1, 0.15) is 11.6 Å². The Labute approximate surface area is 139 Å². The van der Waals surface area contributed by atoms with E-state index in [-0.39, 0.29) is 23.3 Å². The Morgan fingerprint density at radius 1 is 1.04 bits per heavy atom. The van der Waals surface area contributed by atoms with Gasteiger partial charge in [0.05, 0.1) is 12.4 Å². The molecule has 2 aromatic heterocycles. The molecule has 0 bridgehead atoms. The molecule has 2 rings (SSSR count). The van der Waals surface area contributed by atoms with Gasteiger partial charge in [0.2, 0.25) is 5.69 Å². The Hall–Kier alpha value is -3.96. The number of aromatic nitrogens is 4. The summed E-state index contributed by atoms with van der Waals surface area (Å²) >= 11 is 0. The van der Waals surface area contributed by atoms with Crippen molar-refractivity contribution in [1.82, 2.24) is 19.9 Å². The lowest BCUT2D eigenvalue weighted by Gasteiger charge is -1.93. The van der Waals surface area contributed by atoms with E-state index in [9.17, 15) is 0 Å². The second-order valence-electron chi connectivity index (χ2n) is 4.07. The lowest BCUT2D eigenvalue weighted by atomic mass is 10.4. The van der Waals surface area contributed by atoms with Crippen molar-refractivity contribution in [3.63, 3.8) is 0 Å². The van der Waals surface area contributed by atoms with Gasteiger partial charge in [0, 0.05) is 0 Å². The molecule has 0 unspecified atom stereocenters. The third-order valence-corrected chi connectivity index (χ3v) is 2.38. The minimum atomic E-state index is 0.107. The molecule has 0 aromatic carbocycles. The molecule has 2 heterocycles. The second-order valence-corrected chi connectivity index (χ2v) is 4.07. The highest BCUT2D eigenvalue weighted by Gasteiger charge is 2.03.